The van der Waals surface area contributed by atoms with Crippen LogP contribution in [0, 0.1) is 0 Å². The number of pyridine rings is 1. The molecule has 0 saturated carbocycles. The highest BCUT2D eigenvalue weighted by atomic mass is 32.2. The highest BCUT2D eigenvalue weighted by Gasteiger charge is 2.20. The second kappa shape index (κ2) is 8.42. The number of ether oxygens (including phenoxy) is 1. The van der Waals surface area contributed by atoms with Gasteiger partial charge in [-0.3, -0.25) is 4.98 Å². The molecule has 1 aliphatic heterocycles. The van der Waals surface area contributed by atoms with Crippen molar-refractivity contribution >= 4 is 35.3 Å². The van der Waals surface area contributed by atoms with Gasteiger partial charge in [0.05, 0.1) is 23.7 Å². The molecule has 0 saturated heterocycles. The lowest BCUT2D eigenvalue weighted by molar-refractivity contribution is -0.137. The van der Waals surface area contributed by atoms with Crippen molar-refractivity contribution in [3.63, 3.8) is 0 Å². The van der Waals surface area contributed by atoms with Gasteiger partial charge in [0.2, 0.25) is 0 Å². The number of benzene rings is 1. The molecule has 3 aromatic rings. The third kappa shape index (κ3) is 4.28. The smallest absolute Gasteiger partial charge is 0.330 e. The molecule has 1 aromatic carbocycles. The van der Waals surface area contributed by atoms with Gasteiger partial charge in [0, 0.05) is 23.4 Å². The Hall–Kier alpha value is -3.23. The molecule has 146 valence electrons. The van der Waals surface area contributed by atoms with Gasteiger partial charge in [-0.15, -0.1) is 0 Å². The van der Waals surface area contributed by atoms with Crippen molar-refractivity contribution in [3.05, 3.63) is 71.8 Å². The van der Waals surface area contributed by atoms with Crippen molar-refractivity contribution in [2.75, 3.05) is 11.9 Å². The molecule has 1 atom stereocenters. The van der Waals surface area contributed by atoms with E-state index in [1.54, 1.807) is 43.6 Å². The van der Waals surface area contributed by atoms with Crippen LogP contribution in [0.5, 0.6) is 0 Å². The summed E-state index contributed by atoms with van der Waals surface area (Å²) in [5, 5.41) is 14.9. The molecule has 1 aliphatic rings. The van der Waals surface area contributed by atoms with E-state index >= 15 is 0 Å². The van der Waals surface area contributed by atoms with Gasteiger partial charge in [-0.05, 0) is 42.8 Å². The summed E-state index contributed by atoms with van der Waals surface area (Å²) in [5.41, 5.74) is 2.60. The molecule has 3 heterocycles. The number of carbonyl (C=O) groups excluding carboxylic acids is 1. The van der Waals surface area contributed by atoms with Gasteiger partial charge in [0.15, 0.2) is 5.82 Å². The van der Waals surface area contributed by atoms with E-state index in [1.165, 1.54) is 17.8 Å². The van der Waals surface area contributed by atoms with Crippen molar-refractivity contribution in [3.8, 4) is 0 Å². The molecule has 2 aromatic heterocycles. The molecular weight excluding hydrogens is 388 g/mol. The van der Waals surface area contributed by atoms with Crippen LogP contribution >= 0.6 is 11.8 Å². The maximum atomic E-state index is 11.5. The fourth-order valence-corrected chi connectivity index (χ4v) is 3.73. The first kappa shape index (κ1) is 19.1. The zero-order chi connectivity index (χ0) is 20.2. The number of carbonyl (C=O) groups is 1. The molecule has 29 heavy (non-hydrogen) atoms. The molecule has 0 amide bonds. The van der Waals surface area contributed by atoms with Crippen LogP contribution in [0.15, 0.2) is 64.8 Å². The van der Waals surface area contributed by atoms with E-state index in [4.69, 9.17) is 4.74 Å². The van der Waals surface area contributed by atoms with Gasteiger partial charge in [-0.2, -0.15) is 0 Å². The van der Waals surface area contributed by atoms with Gasteiger partial charge in [-0.1, -0.05) is 23.9 Å². The molecule has 8 heteroatoms. The van der Waals surface area contributed by atoms with E-state index in [-0.39, 0.29) is 0 Å². The van der Waals surface area contributed by atoms with Crippen molar-refractivity contribution in [2.45, 2.75) is 22.9 Å². The van der Waals surface area contributed by atoms with E-state index < -0.39 is 12.1 Å². The minimum Gasteiger partial charge on any atom is -0.463 e. The molecule has 0 bridgehead atoms. The normalized spacial score (nSPS) is 13.3. The number of hydrogen-bond donors (Lipinski definition) is 2. The zero-order valence-electron chi connectivity index (χ0n) is 15.6. The number of nitrogens with one attached hydrogen (secondary N) is 1. The fourth-order valence-electron chi connectivity index (χ4n) is 2.85. The Balaban J connectivity index is 1.56. The first-order chi connectivity index (χ1) is 14.1. The summed E-state index contributed by atoms with van der Waals surface area (Å²) in [6.07, 6.45) is 5.27. The molecule has 0 aliphatic carbocycles. The Morgan fingerprint density at radius 2 is 2.14 bits per heavy atom. The van der Waals surface area contributed by atoms with Gasteiger partial charge in [0.1, 0.15) is 11.1 Å². The van der Waals surface area contributed by atoms with Crippen molar-refractivity contribution in [1.29, 1.82) is 0 Å². The minimum atomic E-state index is -0.911. The second-order valence-corrected chi connectivity index (χ2v) is 7.20. The summed E-state index contributed by atoms with van der Waals surface area (Å²) >= 11 is 1.53. The van der Waals surface area contributed by atoms with Crippen molar-refractivity contribution in [2.24, 2.45) is 0 Å². The maximum Gasteiger partial charge on any atom is 0.330 e. The third-order valence-corrected chi connectivity index (χ3v) is 5.26. The van der Waals surface area contributed by atoms with E-state index in [9.17, 15) is 9.90 Å². The SMILES string of the molecule is CCOC(=O)C=Cc1cccc(C(O)c2ccc3c(c2)Nc2nccnc2S3)n1. The van der Waals surface area contributed by atoms with Gasteiger partial charge in [-0.25, -0.2) is 14.8 Å². The summed E-state index contributed by atoms with van der Waals surface area (Å²) in [6.45, 7) is 2.06. The monoisotopic (exact) mass is 406 g/mol. The van der Waals surface area contributed by atoms with Gasteiger partial charge in [0.25, 0.3) is 0 Å². The summed E-state index contributed by atoms with van der Waals surface area (Å²) in [7, 11) is 0. The Morgan fingerprint density at radius 1 is 1.28 bits per heavy atom. The number of aliphatic hydroxyl groups is 1. The first-order valence-electron chi connectivity index (χ1n) is 9.03. The summed E-state index contributed by atoms with van der Waals surface area (Å²) < 4.78 is 4.87. The summed E-state index contributed by atoms with van der Waals surface area (Å²) in [6, 6.07) is 11.0. The number of aromatic nitrogens is 3. The molecule has 0 fully saturated rings. The minimum absolute atomic E-state index is 0.316. The van der Waals surface area contributed by atoms with Gasteiger partial charge >= 0.3 is 5.97 Å². The van der Waals surface area contributed by atoms with Crippen LogP contribution in [-0.4, -0.2) is 32.6 Å². The number of esters is 1. The fraction of sp³-hybridized carbons (Fsp3) is 0.143. The van der Waals surface area contributed by atoms with Crippen LogP contribution in [0.3, 0.4) is 0 Å². The van der Waals surface area contributed by atoms with Crippen molar-refractivity contribution in [1.82, 2.24) is 15.0 Å². The lowest BCUT2D eigenvalue weighted by Crippen LogP contribution is -2.07. The molecular formula is C21H18N4O3S. The molecule has 1 unspecified atom stereocenters. The average molecular weight is 406 g/mol. The number of nitrogens with zero attached hydrogens (tertiary/aromatic N) is 3. The average Bonchev–Trinajstić information content (AvgIpc) is 2.76. The van der Waals surface area contributed by atoms with Crippen LogP contribution in [0.4, 0.5) is 11.5 Å². The van der Waals surface area contributed by atoms with Crippen LogP contribution in [-0.2, 0) is 9.53 Å². The first-order valence-corrected chi connectivity index (χ1v) is 9.85. The third-order valence-electron chi connectivity index (χ3n) is 4.19. The summed E-state index contributed by atoms with van der Waals surface area (Å²) in [4.78, 5) is 25.5. The van der Waals surface area contributed by atoms with Crippen LogP contribution in [0.1, 0.15) is 30.0 Å². The highest BCUT2D eigenvalue weighted by Crippen LogP contribution is 2.42. The second-order valence-electron chi connectivity index (χ2n) is 6.17. The Labute approximate surface area is 171 Å². The van der Waals surface area contributed by atoms with Crippen LogP contribution in [0.25, 0.3) is 6.08 Å². The maximum absolute atomic E-state index is 11.5. The van der Waals surface area contributed by atoms with Gasteiger partial charge < -0.3 is 15.2 Å². The number of hydrogen-bond acceptors (Lipinski definition) is 8. The van der Waals surface area contributed by atoms with E-state index in [1.807, 2.05) is 18.2 Å². The van der Waals surface area contributed by atoms with E-state index in [2.05, 4.69) is 20.3 Å². The molecule has 4 rings (SSSR count). The number of aliphatic hydroxyl groups excluding tert-OH is 1. The molecule has 0 spiro atoms. The predicted molar refractivity (Wildman–Crippen MR) is 110 cm³/mol. The van der Waals surface area contributed by atoms with E-state index in [0.717, 1.165) is 15.6 Å². The topological polar surface area (TPSA) is 97.2 Å². The van der Waals surface area contributed by atoms with Crippen LogP contribution in [0.2, 0.25) is 0 Å². The molecule has 0 radical (unpaired) electrons. The van der Waals surface area contributed by atoms with E-state index in [0.29, 0.717) is 29.4 Å². The standard InChI is InChI=1S/C21H18N4O3S/c1-2-28-18(26)9-7-14-4-3-5-15(24-14)19(27)13-6-8-17-16(12-13)25-20-21(29-17)23-11-10-22-20/h3-12,19,27H,2H2,1H3,(H,22,25). The Bertz CT molecular complexity index is 1090. The summed E-state index contributed by atoms with van der Waals surface area (Å²) in [5.74, 6) is 0.266. The lowest BCUT2D eigenvalue weighted by Gasteiger charge is -2.20. The number of fused-ring (bicyclic) bond motifs is 2. The lowest BCUT2D eigenvalue weighted by atomic mass is 10.0. The predicted octanol–water partition coefficient (Wildman–Crippen LogP) is 3.74. The molecule has 7 nitrogen and oxygen atoms in total. The van der Waals surface area contributed by atoms with Crippen LogP contribution < -0.4 is 5.32 Å². The Morgan fingerprint density at radius 3 is 3.00 bits per heavy atom. The zero-order valence-corrected chi connectivity index (χ0v) is 16.4. The molecule has 2 N–H and O–H groups in total. The largest absolute Gasteiger partial charge is 0.463 e. The number of anilines is 2. The highest BCUT2D eigenvalue weighted by molar-refractivity contribution is 7.99. The Kier molecular flexibility index (Phi) is 5.55. The van der Waals surface area contributed by atoms with Crippen molar-refractivity contribution < 1.29 is 14.6 Å². The quantitative estimate of drug-likeness (QED) is 0.382. The number of rotatable bonds is 5.